The molecule has 0 aliphatic heterocycles. The van der Waals surface area contributed by atoms with E-state index in [9.17, 15) is 44.5 Å². The van der Waals surface area contributed by atoms with Crippen molar-refractivity contribution in [2.45, 2.75) is 49.6 Å². The average molecular weight is 405 g/mol. The summed E-state index contributed by atoms with van der Waals surface area (Å²) < 4.78 is 101. The number of esters is 1. The highest BCUT2D eigenvalue weighted by molar-refractivity contribution is 7.86. The Balaban J connectivity index is 1.89. The van der Waals surface area contributed by atoms with Gasteiger partial charge in [-0.05, 0) is 38.0 Å². The van der Waals surface area contributed by atoms with Crippen LogP contribution in [0.4, 0.5) is 22.0 Å². The molecular weight excluding hydrogens is 391 g/mol. The molecule has 6 nitrogen and oxygen atoms in total. The SMILES string of the molecule is O=C1C2CC3CC1CC(C(=O)OC(C(F)(F)F)C(F)(F)S(=O)(=O)[O-])(C3)C2. The van der Waals surface area contributed by atoms with E-state index < -0.39 is 50.9 Å². The number of Topliss-reactive ketones (excluding diaryl/α,β-unsaturated/α-hetero) is 1. The number of ketones is 1. The number of alkyl halides is 5. The fraction of sp³-hybridized carbons (Fsp3) is 0.857. The number of carbonyl (C=O) groups is 2. The highest BCUT2D eigenvalue weighted by Gasteiger charge is 2.65. The van der Waals surface area contributed by atoms with E-state index in [0.29, 0.717) is 12.8 Å². The maximum atomic E-state index is 13.5. The van der Waals surface area contributed by atoms with Gasteiger partial charge in [-0.2, -0.15) is 22.0 Å². The van der Waals surface area contributed by atoms with Crippen LogP contribution in [0.2, 0.25) is 0 Å². The Morgan fingerprint density at radius 1 is 1.12 bits per heavy atom. The van der Waals surface area contributed by atoms with Crippen molar-refractivity contribution >= 4 is 21.9 Å². The molecule has 0 amide bonds. The maximum absolute atomic E-state index is 13.5. The van der Waals surface area contributed by atoms with E-state index in [2.05, 4.69) is 4.74 Å². The van der Waals surface area contributed by atoms with Gasteiger partial charge in [0.1, 0.15) is 5.78 Å². The van der Waals surface area contributed by atoms with E-state index in [1.54, 1.807) is 0 Å². The molecule has 4 saturated carbocycles. The van der Waals surface area contributed by atoms with Crippen LogP contribution in [0.3, 0.4) is 0 Å². The van der Waals surface area contributed by atoms with E-state index in [1.165, 1.54) is 0 Å². The van der Waals surface area contributed by atoms with E-state index >= 15 is 0 Å². The molecule has 0 saturated heterocycles. The summed E-state index contributed by atoms with van der Waals surface area (Å²) >= 11 is 0. The standard InChI is InChI=1S/C14H15F5O6S/c15-13(16,17)10(14(18,19)26(22,23)24)25-11(21)12-3-6-1-7(4-12)9(20)8(2-6)5-12/h6-8,10H,1-5H2,(H,22,23,24)/p-1. The Morgan fingerprint density at radius 2 is 1.62 bits per heavy atom. The van der Waals surface area contributed by atoms with Gasteiger partial charge in [-0.15, -0.1) is 0 Å². The van der Waals surface area contributed by atoms with Gasteiger partial charge < -0.3 is 9.29 Å². The molecule has 0 aromatic heterocycles. The maximum Gasteiger partial charge on any atom is 0.432 e. The lowest BCUT2D eigenvalue weighted by Gasteiger charge is -2.54. The summed E-state index contributed by atoms with van der Waals surface area (Å²) in [4.78, 5) is 24.4. The Morgan fingerprint density at radius 3 is 2.04 bits per heavy atom. The Hall–Kier alpha value is -1.30. The zero-order chi connectivity index (χ0) is 19.7. The topological polar surface area (TPSA) is 101 Å². The summed E-state index contributed by atoms with van der Waals surface area (Å²) in [5, 5.41) is -5.86. The summed E-state index contributed by atoms with van der Waals surface area (Å²) in [6, 6.07) is 0. The van der Waals surface area contributed by atoms with Crippen molar-refractivity contribution in [2.24, 2.45) is 23.2 Å². The third-order valence-corrected chi connectivity index (χ3v) is 6.47. The van der Waals surface area contributed by atoms with Crippen LogP contribution in [0.25, 0.3) is 0 Å². The van der Waals surface area contributed by atoms with Gasteiger partial charge in [0.2, 0.25) is 0 Å². The minimum absolute atomic E-state index is 0.0897. The van der Waals surface area contributed by atoms with E-state index in [-0.39, 0.29) is 31.0 Å². The van der Waals surface area contributed by atoms with Gasteiger partial charge in [0.25, 0.3) is 6.10 Å². The van der Waals surface area contributed by atoms with Crippen LogP contribution < -0.4 is 0 Å². The van der Waals surface area contributed by atoms with Gasteiger partial charge in [0, 0.05) is 11.8 Å². The number of rotatable bonds is 4. The molecule has 0 N–H and O–H groups in total. The minimum Gasteiger partial charge on any atom is -0.743 e. The largest absolute Gasteiger partial charge is 0.743 e. The lowest BCUT2D eigenvalue weighted by atomic mass is 9.49. The molecule has 0 spiro atoms. The zero-order valence-electron chi connectivity index (χ0n) is 13.1. The third kappa shape index (κ3) is 2.90. The molecule has 0 heterocycles. The summed E-state index contributed by atoms with van der Waals surface area (Å²) in [7, 11) is -6.73. The second-order valence-electron chi connectivity index (χ2n) is 7.37. The molecule has 0 aromatic carbocycles. The van der Waals surface area contributed by atoms with Gasteiger partial charge in [0.05, 0.1) is 5.41 Å². The fourth-order valence-corrected chi connectivity index (χ4v) is 5.13. The first-order chi connectivity index (χ1) is 11.7. The lowest BCUT2D eigenvalue weighted by Crippen LogP contribution is -2.58. The quantitative estimate of drug-likeness (QED) is 0.403. The minimum atomic E-state index is -6.73. The van der Waals surface area contributed by atoms with Crippen LogP contribution in [0.1, 0.15) is 32.1 Å². The van der Waals surface area contributed by atoms with E-state index in [0.717, 1.165) is 0 Å². The molecule has 4 aliphatic carbocycles. The molecule has 148 valence electrons. The summed E-state index contributed by atoms with van der Waals surface area (Å²) in [6.07, 6.45) is -9.53. The predicted molar refractivity (Wildman–Crippen MR) is 71.6 cm³/mol. The molecule has 26 heavy (non-hydrogen) atoms. The number of halogens is 5. The monoisotopic (exact) mass is 405 g/mol. The van der Waals surface area contributed by atoms with Crippen molar-refractivity contribution in [3.05, 3.63) is 0 Å². The molecule has 4 aliphatic rings. The zero-order valence-corrected chi connectivity index (χ0v) is 13.9. The summed E-state index contributed by atoms with van der Waals surface area (Å²) in [5.41, 5.74) is -1.53. The van der Waals surface area contributed by atoms with Crippen molar-refractivity contribution in [3.63, 3.8) is 0 Å². The van der Waals surface area contributed by atoms with Crippen molar-refractivity contribution in [2.75, 3.05) is 0 Å². The van der Waals surface area contributed by atoms with Crippen molar-refractivity contribution in [3.8, 4) is 0 Å². The van der Waals surface area contributed by atoms with Crippen molar-refractivity contribution in [1.29, 1.82) is 0 Å². The van der Waals surface area contributed by atoms with Gasteiger partial charge >= 0.3 is 17.4 Å². The van der Waals surface area contributed by atoms with Gasteiger partial charge in [-0.3, -0.25) is 9.59 Å². The van der Waals surface area contributed by atoms with Gasteiger partial charge in [-0.25, -0.2) is 8.42 Å². The second kappa shape index (κ2) is 5.60. The Bertz CT molecular complexity index is 727. The first kappa shape index (κ1) is 19.5. The van der Waals surface area contributed by atoms with Gasteiger partial charge in [-0.1, -0.05) is 0 Å². The Labute approximate surface area is 144 Å². The molecule has 0 radical (unpaired) electrons. The molecule has 12 heteroatoms. The molecule has 3 atom stereocenters. The van der Waals surface area contributed by atoms with Crippen LogP contribution in [-0.4, -0.2) is 42.3 Å². The first-order valence-corrected chi connectivity index (χ1v) is 9.23. The molecule has 4 fully saturated rings. The molecule has 4 rings (SSSR count). The average Bonchev–Trinajstić information content (AvgIpc) is 2.46. The molecule has 0 aromatic rings. The predicted octanol–water partition coefficient (Wildman–Crippen LogP) is 1.99. The normalized spacial score (nSPS) is 35.5. The van der Waals surface area contributed by atoms with Crippen molar-refractivity contribution in [1.82, 2.24) is 0 Å². The van der Waals surface area contributed by atoms with Gasteiger partial charge in [0.15, 0.2) is 10.1 Å². The number of hydrogen-bond acceptors (Lipinski definition) is 6. The second-order valence-corrected chi connectivity index (χ2v) is 8.82. The molecule has 3 unspecified atom stereocenters. The lowest BCUT2D eigenvalue weighted by molar-refractivity contribution is -0.265. The third-order valence-electron chi connectivity index (χ3n) is 5.59. The van der Waals surface area contributed by atoms with Crippen LogP contribution >= 0.6 is 0 Å². The molecular formula is C14H14F5O6S-. The van der Waals surface area contributed by atoms with Crippen LogP contribution in [0, 0.1) is 23.2 Å². The highest BCUT2D eigenvalue weighted by atomic mass is 32.2. The Kier molecular flexibility index (Phi) is 4.19. The van der Waals surface area contributed by atoms with Crippen LogP contribution in [0.5, 0.6) is 0 Å². The first-order valence-electron chi connectivity index (χ1n) is 7.82. The summed E-state index contributed by atoms with van der Waals surface area (Å²) in [6.45, 7) is 0. The van der Waals surface area contributed by atoms with E-state index in [4.69, 9.17) is 0 Å². The van der Waals surface area contributed by atoms with Crippen LogP contribution in [0.15, 0.2) is 0 Å². The number of carbonyl (C=O) groups excluding carboxylic acids is 2. The van der Waals surface area contributed by atoms with Crippen molar-refractivity contribution < 1.29 is 49.2 Å². The fourth-order valence-electron chi connectivity index (χ4n) is 4.69. The number of hydrogen-bond donors (Lipinski definition) is 0. The van der Waals surface area contributed by atoms with E-state index in [1.807, 2.05) is 0 Å². The van der Waals surface area contributed by atoms with Crippen LogP contribution in [-0.2, 0) is 24.4 Å². The smallest absolute Gasteiger partial charge is 0.432 e. The molecule has 4 bridgehead atoms. The highest BCUT2D eigenvalue weighted by Crippen LogP contribution is 2.59. The summed E-state index contributed by atoms with van der Waals surface area (Å²) in [5.74, 6) is -2.91. The number of ether oxygens (including phenoxy) is 1.